The van der Waals surface area contributed by atoms with Gasteiger partial charge in [0.1, 0.15) is 5.69 Å². The van der Waals surface area contributed by atoms with Crippen LogP contribution < -0.4 is 10.1 Å². The minimum absolute atomic E-state index is 0.103. The number of aryl methyl sites for hydroxylation is 1. The summed E-state index contributed by atoms with van der Waals surface area (Å²) in [4.78, 5) is 28.2. The van der Waals surface area contributed by atoms with Crippen LogP contribution in [-0.2, 0) is 0 Å². The Hall–Kier alpha value is -3.35. The fourth-order valence-corrected chi connectivity index (χ4v) is 2.62. The molecule has 0 saturated heterocycles. The molecule has 0 saturated carbocycles. The fourth-order valence-electron chi connectivity index (χ4n) is 2.62. The SMILES string of the molecule is CCOc1cccn2c(C(=O)Nc3cccc(C(=O)O)c3)c(C)nc12. The summed E-state index contributed by atoms with van der Waals surface area (Å²) in [6, 6.07) is 9.66. The molecule has 0 fully saturated rings. The third-order valence-corrected chi connectivity index (χ3v) is 3.67. The number of hydrogen-bond donors (Lipinski definition) is 2. The lowest BCUT2D eigenvalue weighted by Crippen LogP contribution is -2.16. The topological polar surface area (TPSA) is 92.9 Å². The van der Waals surface area contributed by atoms with Gasteiger partial charge in [-0.2, -0.15) is 0 Å². The van der Waals surface area contributed by atoms with Crippen LogP contribution in [0.1, 0.15) is 33.5 Å². The normalized spacial score (nSPS) is 10.6. The molecular weight excluding hydrogens is 322 g/mol. The first-order valence-corrected chi connectivity index (χ1v) is 7.76. The van der Waals surface area contributed by atoms with E-state index in [1.165, 1.54) is 12.1 Å². The van der Waals surface area contributed by atoms with E-state index >= 15 is 0 Å². The molecule has 0 aliphatic carbocycles. The second kappa shape index (κ2) is 6.64. The van der Waals surface area contributed by atoms with Gasteiger partial charge in [0.15, 0.2) is 11.4 Å². The Balaban J connectivity index is 1.97. The Morgan fingerprint density at radius 3 is 2.80 bits per heavy atom. The van der Waals surface area contributed by atoms with Crippen LogP contribution in [0.15, 0.2) is 42.6 Å². The van der Waals surface area contributed by atoms with Crippen LogP contribution in [0.25, 0.3) is 5.65 Å². The van der Waals surface area contributed by atoms with Crippen LogP contribution in [0.5, 0.6) is 5.75 Å². The molecule has 2 heterocycles. The lowest BCUT2D eigenvalue weighted by atomic mass is 10.2. The number of fused-ring (bicyclic) bond motifs is 1. The molecule has 3 aromatic rings. The molecule has 1 aromatic carbocycles. The standard InChI is InChI=1S/C18H17N3O4/c1-3-25-14-8-5-9-21-15(11(2)19-16(14)21)17(22)20-13-7-4-6-12(10-13)18(23)24/h4-10H,3H2,1-2H3,(H,20,22)(H,23,24). The first kappa shape index (κ1) is 16.5. The fraction of sp³-hybridized carbons (Fsp3) is 0.167. The van der Waals surface area contributed by atoms with Gasteiger partial charge in [-0.1, -0.05) is 6.07 Å². The number of pyridine rings is 1. The number of hydrogen-bond acceptors (Lipinski definition) is 4. The molecule has 0 atom stereocenters. The van der Waals surface area contributed by atoms with Crippen molar-refractivity contribution in [2.75, 3.05) is 11.9 Å². The van der Waals surface area contributed by atoms with Gasteiger partial charge in [0.25, 0.3) is 5.91 Å². The summed E-state index contributed by atoms with van der Waals surface area (Å²) in [5.74, 6) is -0.829. The number of amides is 1. The molecular formula is C18H17N3O4. The van der Waals surface area contributed by atoms with Crippen LogP contribution in [0.2, 0.25) is 0 Å². The maximum atomic E-state index is 12.7. The zero-order chi connectivity index (χ0) is 18.0. The highest BCUT2D eigenvalue weighted by Crippen LogP contribution is 2.23. The zero-order valence-electron chi connectivity index (χ0n) is 13.8. The highest BCUT2D eigenvalue weighted by atomic mass is 16.5. The molecule has 0 aliphatic heterocycles. The second-order valence-corrected chi connectivity index (χ2v) is 5.38. The van der Waals surface area contributed by atoms with E-state index in [2.05, 4.69) is 10.3 Å². The average Bonchev–Trinajstić information content (AvgIpc) is 2.92. The Labute approximate surface area is 143 Å². The molecule has 128 valence electrons. The summed E-state index contributed by atoms with van der Waals surface area (Å²) in [5, 5.41) is 11.8. The van der Waals surface area contributed by atoms with Crippen LogP contribution in [-0.4, -0.2) is 33.0 Å². The molecule has 0 radical (unpaired) electrons. The number of aromatic nitrogens is 2. The smallest absolute Gasteiger partial charge is 0.335 e. The van der Waals surface area contributed by atoms with Gasteiger partial charge >= 0.3 is 5.97 Å². The van der Waals surface area contributed by atoms with E-state index in [1.807, 2.05) is 6.92 Å². The van der Waals surface area contributed by atoms with E-state index in [-0.39, 0.29) is 11.5 Å². The number of carboxylic acids is 1. The number of nitrogens with one attached hydrogen (secondary N) is 1. The Morgan fingerprint density at radius 2 is 2.08 bits per heavy atom. The number of imidazole rings is 1. The van der Waals surface area contributed by atoms with Crippen molar-refractivity contribution in [1.82, 2.24) is 9.38 Å². The highest BCUT2D eigenvalue weighted by molar-refractivity contribution is 6.05. The van der Waals surface area contributed by atoms with Gasteiger partial charge < -0.3 is 15.2 Å². The number of carbonyl (C=O) groups excluding carboxylic acids is 1. The number of carbonyl (C=O) groups is 2. The molecule has 1 amide bonds. The number of anilines is 1. The van der Waals surface area contributed by atoms with Gasteiger partial charge in [-0.25, -0.2) is 9.78 Å². The van der Waals surface area contributed by atoms with Crippen molar-refractivity contribution < 1.29 is 19.4 Å². The van der Waals surface area contributed by atoms with Crippen LogP contribution in [0.4, 0.5) is 5.69 Å². The van der Waals surface area contributed by atoms with E-state index < -0.39 is 5.97 Å². The molecule has 2 aromatic heterocycles. The largest absolute Gasteiger partial charge is 0.490 e. The number of ether oxygens (including phenoxy) is 1. The predicted molar refractivity (Wildman–Crippen MR) is 92.5 cm³/mol. The van der Waals surface area contributed by atoms with Crippen molar-refractivity contribution in [3.05, 3.63) is 59.5 Å². The number of benzene rings is 1. The number of aromatic carboxylic acids is 1. The summed E-state index contributed by atoms with van der Waals surface area (Å²) in [6.45, 7) is 4.11. The van der Waals surface area contributed by atoms with Crippen molar-refractivity contribution in [2.24, 2.45) is 0 Å². The average molecular weight is 339 g/mol. The van der Waals surface area contributed by atoms with E-state index in [0.717, 1.165) is 0 Å². The van der Waals surface area contributed by atoms with E-state index in [1.54, 1.807) is 41.8 Å². The lowest BCUT2D eigenvalue weighted by Gasteiger charge is -2.08. The zero-order valence-corrected chi connectivity index (χ0v) is 13.8. The summed E-state index contributed by atoms with van der Waals surface area (Å²) < 4.78 is 7.21. The first-order valence-electron chi connectivity index (χ1n) is 7.76. The molecule has 3 rings (SSSR count). The maximum Gasteiger partial charge on any atom is 0.335 e. The van der Waals surface area contributed by atoms with Crippen molar-refractivity contribution in [1.29, 1.82) is 0 Å². The monoisotopic (exact) mass is 339 g/mol. The highest BCUT2D eigenvalue weighted by Gasteiger charge is 2.19. The third-order valence-electron chi connectivity index (χ3n) is 3.67. The quantitative estimate of drug-likeness (QED) is 0.745. The van der Waals surface area contributed by atoms with E-state index in [9.17, 15) is 9.59 Å². The van der Waals surface area contributed by atoms with E-state index in [4.69, 9.17) is 9.84 Å². The second-order valence-electron chi connectivity index (χ2n) is 5.38. The summed E-state index contributed by atoms with van der Waals surface area (Å²) >= 11 is 0. The summed E-state index contributed by atoms with van der Waals surface area (Å²) in [5.41, 5.74) is 1.99. The third kappa shape index (κ3) is 3.16. The van der Waals surface area contributed by atoms with Gasteiger partial charge in [-0.15, -0.1) is 0 Å². The molecule has 25 heavy (non-hydrogen) atoms. The van der Waals surface area contributed by atoms with Gasteiger partial charge in [0.2, 0.25) is 0 Å². The number of nitrogens with zero attached hydrogens (tertiary/aromatic N) is 2. The van der Waals surface area contributed by atoms with Crippen molar-refractivity contribution in [2.45, 2.75) is 13.8 Å². The van der Waals surface area contributed by atoms with Gasteiger partial charge in [0, 0.05) is 11.9 Å². The van der Waals surface area contributed by atoms with Gasteiger partial charge in [0.05, 0.1) is 17.9 Å². The Morgan fingerprint density at radius 1 is 1.28 bits per heavy atom. The number of carboxylic acid groups (broad SMARTS) is 1. The Bertz CT molecular complexity index is 962. The predicted octanol–water partition coefficient (Wildman–Crippen LogP) is 2.99. The minimum Gasteiger partial charge on any atom is -0.490 e. The van der Waals surface area contributed by atoms with E-state index in [0.29, 0.717) is 35.1 Å². The van der Waals surface area contributed by atoms with Crippen LogP contribution in [0, 0.1) is 6.92 Å². The van der Waals surface area contributed by atoms with Crippen LogP contribution >= 0.6 is 0 Å². The molecule has 0 aliphatic rings. The molecule has 0 bridgehead atoms. The van der Waals surface area contributed by atoms with Crippen molar-refractivity contribution in [3.63, 3.8) is 0 Å². The molecule has 7 heteroatoms. The molecule has 7 nitrogen and oxygen atoms in total. The first-order chi connectivity index (χ1) is 12.0. The molecule has 0 spiro atoms. The van der Waals surface area contributed by atoms with Gasteiger partial charge in [-0.05, 0) is 44.2 Å². The maximum absolute atomic E-state index is 12.7. The van der Waals surface area contributed by atoms with Gasteiger partial charge in [-0.3, -0.25) is 9.20 Å². The Kier molecular flexibility index (Phi) is 4.38. The van der Waals surface area contributed by atoms with Crippen molar-refractivity contribution in [3.8, 4) is 5.75 Å². The van der Waals surface area contributed by atoms with Crippen LogP contribution in [0.3, 0.4) is 0 Å². The van der Waals surface area contributed by atoms with Crippen molar-refractivity contribution >= 4 is 23.2 Å². The summed E-state index contributed by atoms with van der Waals surface area (Å²) in [6.07, 6.45) is 1.74. The summed E-state index contributed by atoms with van der Waals surface area (Å²) in [7, 11) is 0. The minimum atomic E-state index is -1.05. The lowest BCUT2D eigenvalue weighted by molar-refractivity contribution is 0.0696. The molecule has 0 unspecified atom stereocenters. The molecule has 2 N–H and O–H groups in total. The number of rotatable bonds is 5.